The van der Waals surface area contributed by atoms with Crippen molar-refractivity contribution in [3.8, 4) is 0 Å². The summed E-state index contributed by atoms with van der Waals surface area (Å²) in [7, 11) is 0. The van der Waals surface area contributed by atoms with E-state index in [9.17, 15) is 14.4 Å². The van der Waals surface area contributed by atoms with Gasteiger partial charge in [-0.15, -0.1) is 0 Å². The summed E-state index contributed by atoms with van der Waals surface area (Å²) >= 11 is 0. The molecule has 0 spiro atoms. The lowest BCUT2D eigenvalue weighted by Gasteiger charge is -2.16. The maximum Gasteiger partial charge on any atom is 0.256 e. The van der Waals surface area contributed by atoms with Crippen LogP contribution in [0.1, 0.15) is 28.8 Å². The molecule has 0 unspecified atom stereocenters. The summed E-state index contributed by atoms with van der Waals surface area (Å²) in [5, 5.41) is 6.17. The SMILES string of the molecule is O=C1CCC(=C2NC(=O)c3ccccc32)C(=O)N1.c1ccc2ncccc2c1. The molecular formula is C22H17N3O3. The Morgan fingerprint density at radius 1 is 0.714 bits per heavy atom. The number of rotatable bonds is 0. The lowest BCUT2D eigenvalue weighted by molar-refractivity contribution is -0.130. The quantitative estimate of drug-likeness (QED) is 0.470. The van der Waals surface area contributed by atoms with Gasteiger partial charge in [-0.2, -0.15) is 0 Å². The van der Waals surface area contributed by atoms with Gasteiger partial charge in [0.15, 0.2) is 0 Å². The van der Waals surface area contributed by atoms with E-state index in [-0.39, 0.29) is 18.2 Å². The Kier molecular flexibility index (Phi) is 4.68. The van der Waals surface area contributed by atoms with Crippen LogP contribution in [-0.2, 0) is 9.59 Å². The molecule has 6 nitrogen and oxygen atoms in total. The van der Waals surface area contributed by atoms with Crippen molar-refractivity contribution in [1.82, 2.24) is 15.6 Å². The van der Waals surface area contributed by atoms with Gasteiger partial charge >= 0.3 is 0 Å². The minimum absolute atomic E-state index is 0.210. The number of carbonyl (C=O) groups excluding carboxylic acids is 3. The second-order valence-corrected chi connectivity index (χ2v) is 6.43. The lowest BCUT2D eigenvalue weighted by Crippen LogP contribution is -2.37. The number of hydrogen-bond donors (Lipinski definition) is 2. The topological polar surface area (TPSA) is 88.2 Å². The number of nitrogens with one attached hydrogen (secondary N) is 2. The first-order chi connectivity index (χ1) is 13.6. The zero-order chi connectivity index (χ0) is 19.5. The molecule has 3 amide bonds. The van der Waals surface area contributed by atoms with Gasteiger partial charge in [0.1, 0.15) is 0 Å². The second kappa shape index (κ2) is 7.44. The summed E-state index contributed by atoms with van der Waals surface area (Å²) in [6, 6.07) is 19.2. The highest BCUT2D eigenvalue weighted by Gasteiger charge is 2.30. The van der Waals surface area contributed by atoms with Gasteiger partial charge in [-0.25, -0.2) is 0 Å². The summed E-state index contributed by atoms with van der Waals surface area (Å²) in [4.78, 5) is 38.8. The molecule has 2 aliphatic rings. The normalized spacial score (nSPS) is 18.1. The summed E-state index contributed by atoms with van der Waals surface area (Å²) in [6.45, 7) is 0. The smallest absolute Gasteiger partial charge is 0.256 e. The van der Waals surface area contributed by atoms with Crippen LogP contribution in [0.25, 0.3) is 16.6 Å². The van der Waals surface area contributed by atoms with E-state index in [1.54, 1.807) is 18.2 Å². The summed E-state index contributed by atoms with van der Waals surface area (Å²) in [5.41, 5.74) is 3.34. The summed E-state index contributed by atoms with van der Waals surface area (Å²) in [6.07, 6.45) is 2.43. The summed E-state index contributed by atoms with van der Waals surface area (Å²) in [5.74, 6) is -0.905. The zero-order valence-electron chi connectivity index (χ0n) is 14.9. The van der Waals surface area contributed by atoms with Crippen molar-refractivity contribution in [1.29, 1.82) is 0 Å². The molecule has 2 N–H and O–H groups in total. The van der Waals surface area contributed by atoms with Crippen LogP contribution in [0.2, 0.25) is 0 Å². The van der Waals surface area contributed by atoms with Gasteiger partial charge in [0, 0.05) is 34.7 Å². The van der Waals surface area contributed by atoms with E-state index in [0.717, 1.165) is 11.1 Å². The molecule has 0 bridgehead atoms. The highest BCUT2D eigenvalue weighted by molar-refractivity contribution is 6.17. The third-order valence-electron chi connectivity index (χ3n) is 4.62. The number of amides is 3. The van der Waals surface area contributed by atoms with E-state index in [1.807, 2.05) is 36.5 Å². The highest BCUT2D eigenvalue weighted by Crippen LogP contribution is 2.29. The number of hydrogen-bond acceptors (Lipinski definition) is 4. The van der Waals surface area contributed by atoms with E-state index in [0.29, 0.717) is 23.3 Å². The Morgan fingerprint density at radius 3 is 2.21 bits per heavy atom. The molecule has 6 heteroatoms. The maximum absolute atomic E-state index is 11.8. The van der Waals surface area contributed by atoms with Crippen LogP contribution in [-0.4, -0.2) is 22.7 Å². The Morgan fingerprint density at radius 2 is 1.43 bits per heavy atom. The van der Waals surface area contributed by atoms with Gasteiger partial charge in [-0.3, -0.25) is 24.7 Å². The molecule has 1 saturated heterocycles. The van der Waals surface area contributed by atoms with E-state index in [2.05, 4.69) is 27.8 Å². The molecule has 138 valence electrons. The van der Waals surface area contributed by atoms with Crippen molar-refractivity contribution in [3.63, 3.8) is 0 Å². The van der Waals surface area contributed by atoms with Crippen LogP contribution in [0, 0.1) is 0 Å². The number of benzene rings is 2. The van der Waals surface area contributed by atoms with Crippen molar-refractivity contribution in [2.24, 2.45) is 0 Å². The fourth-order valence-electron chi connectivity index (χ4n) is 3.26. The molecule has 5 rings (SSSR count). The molecule has 0 saturated carbocycles. The number of pyridine rings is 1. The molecule has 3 heterocycles. The zero-order valence-corrected chi connectivity index (χ0v) is 14.9. The number of nitrogens with zero attached hydrogens (tertiary/aromatic N) is 1. The average Bonchev–Trinajstić information content (AvgIpc) is 3.05. The molecule has 28 heavy (non-hydrogen) atoms. The van der Waals surface area contributed by atoms with Gasteiger partial charge in [-0.05, 0) is 24.6 Å². The molecule has 0 aliphatic carbocycles. The van der Waals surface area contributed by atoms with E-state index < -0.39 is 5.91 Å². The first-order valence-electron chi connectivity index (χ1n) is 8.91. The van der Waals surface area contributed by atoms with Crippen LogP contribution in [0.3, 0.4) is 0 Å². The number of carbonyl (C=O) groups is 3. The van der Waals surface area contributed by atoms with Gasteiger partial charge in [0.2, 0.25) is 5.91 Å². The van der Waals surface area contributed by atoms with Crippen molar-refractivity contribution in [2.75, 3.05) is 0 Å². The lowest BCUT2D eigenvalue weighted by atomic mass is 9.98. The predicted molar refractivity (Wildman–Crippen MR) is 105 cm³/mol. The average molecular weight is 371 g/mol. The van der Waals surface area contributed by atoms with Crippen molar-refractivity contribution in [2.45, 2.75) is 12.8 Å². The standard InChI is InChI=1S/C13H10N2O3.C9H7N/c16-10-6-5-9(13(18)14-10)11-7-3-1-2-4-8(7)12(17)15-11;1-2-6-9-8(4-1)5-3-7-10-9/h1-4H,5-6H2,(H,15,17)(H,14,16,18);1-7H. The predicted octanol–water partition coefficient (Wildman–Crippen LogP) is 2.81. The van der Waals surface area contributed by atoms with E-state index >= 15 is 0 Å². The molecule has 2 aromatic carbocycles. The Balaban J connectivity index is 0.000000162. The third kappa shape index (κ3) is 3.40. The van der Waals surface area contributed by atoms with Crippen LogP contribution >= 0.6 is 0 Å². The van der Waals surface area contributed by atoms with Crippen LogP contribution in [0.15, 0.2) is 72.4 Å². The summed E-state index contributed by atoms with van der Waals surface area (Å²) < 4.78 is 0. The van der Waals surface area contributed by atoms with Crippen molar-refractivity contribution < 1.29 is 14.4 Å². The van der Waals surface area contributed by atoms with Gasteiger partial charge in [-0.1, -0.05) is 42.5 Å². The third-order valence-corrected chi connectivity index (χ3v) is 4.62. The Labute approximate surface area is 161 Å². The first-order valence-corrected chi connectivity index (χ1v) is 8.91. The highest BCUT2D eigenvalue weighted by atomic mass is 16.2. The number of para-hydroxylation sites is 1. The van der Waals surface area contributed by atoms with Gasteiger partial charge in [0.05, 0.1) is 11.2 Å². The molecule has 0 atom stereocenters. The Hall–Kier alpha value is -3.80. The molecule has 1 fully saturated rings. The van der Waals surface area contributed by atoms with Crippen molar-refractivity contribution in [3.05, 3.63) is 83.6 Å². The molecule has 3 aromatic rings. The van der Waals surface area contributed by atoms with Gasteiger partial charge < -0.3 is 5.32 Å². The van der Waals surface area contributed by atoms with E-state index in [4.69, 9.17) is 0 Å². The first kappa shape index (κ1) is 17.6. The number of imide groups is 1. The number of aromatic nitrogens is 1. The minimum atomic E-state index is -0.418. The van der Waals surface area contributed by atoms with Crippen LogP contribution in [0.4, 0.5) is 0 Å². The van der Waals surface area contributed by atoms with Crippen LogP contribution < -0.4 is 10.6 Å². The molecule has 0 radical (unpaired) electrons. The van der Waals surface area contributed by atoms with Gasteiger partial charge in [0.25, 0.3) is 11.8 Å². The second-order valence-electron chi connectivity index (χ2n) is 6.43. The number of piperidine rings is 1. The number of fused-ring (bicyclic) bond motifs is 2. The molecule has 1 aromatic heterocycles. The molecule has 2 aliphatic heterocycles. The maximum atomic E-state index is 11.8. The minimum Gasteiger partial charge on any atom is -0.321 e. The molecular weight excluding hydrogens is 354 g/mol. The van der Waals surface area contributed by atoms with Crippen LogP contribution in [0.5, 0.6) is 0 Å². The largest absolute Gasteiger partial charge is 0.321 e. The monoisotopic (exact) mass is 371 g/mol. The van der Waals surface area contributed by atoms with Crippen molar-refractivity contribution >= 4 is 34.3 Å². The fraction of sp³-hybridized carbons (Fsp3) is 0.0909. The fourth-order valence-corrected chi connectivity index (χ4v) is 3.26. The Bertz CT molecular complexity index is 1070. The van der Waals surface area contributed by atoms with E-state index in [1.165, 1.54) is 5.39 Å².